The molecule has 6 heteroatoms. The second-order valence-corrected chi connectivity index (χ2v) is 6.73. The van der Waals surface area contributed by atoms with Crippen LogP contribution in [0.2, 0.25) is 0 Å². The van der Waals surface area contributed by atoms with Gasteiger partial charge in [0, 0.05) is 11.6 Å². The molecule has 1 aromatic heterocycles. The Morgan fingerprint density at radius 3 is 2.43 bits per heavy atom. The van der Waals surface area contributed by atoms with Gasteiger partial charge in [0.2, 0.25) is 0 Å². The molecule has 1 aliphatic rings. The van der Waals surface area contributed by atoms with Crippen LogP contribution < -0.4 is 5.32 Å². The zero-order chi connectivity index (χ0) is 16.1. The van der Waals surface area contributed by atoms with Crippen LogP contribution in [0, 0.1) is 5.82 Å². The molecule has 0 spiro atoms. The van der Waals surface area contributed by atoms with Crippen LogP contribution >= 0.6 is 11.5 Å². The number of hydrogen-bond acceptors (Lipinski definition) is 4. The predicted molar refractivity (Wildman–Crippen MR) is 88.9 cm³/mol. The lowest BCUT2D eigenvalue weighted by Crippen LogP contribution is -2.35. The van der Waals surface area contributed by atoms with Gasteiger partial charge in [0.25, 0.3) is 5.91 Å². The lowest BCUT2D eigenvalue weighted by Gasteiger charge is -2.20. The van der Waals surface area contributed by atoms with Gasteiger partial charge in [-0.1, -0.05) is 36.6 Å². The van der Waals surface area contributed by atoms with E-state index in [1.807, 2.05) is 0 Å². The lowest BCUT2D eigenvalue weighted by molar-refractivity contribution is 0.0935. The summed E-state index contributed by atoms with van der Waals surface area (Å²) in [5.74, 6) is -0.428. The highest BCUT2D eigenvalue weighted by atomic mass is 32.1. The summed E-state index contributed by atoms with van der Waals surface area (Å²) in [7, 11) is 0. The minimum absolute atomic E-state index is 0.120. The van der Waals surface area contributed by atoms with E-state index in [-0.39, 0.29) is 17.8 Å². The van der Waals surface area contributed by atoms with Crippen LogP contribution in [0.3, 0.4) is 0 Å². The molecule has 0 bridgehead atoms. The standard InChI is InChI=1S/C17H20FN3OS/c18-13-10-8-12(9-11-13)15-16(23-21-20-15)17(22)19-14-6-4-2-1-3-5-7-14/h8-11,14H,1-7H2,(H,19,22). The van der Waals surface area contributed by atoms with E-state index in [9.17, 15) is 9.18 Å². The molecule has 4 nitrogen and oxygen atoms in total. The number of amides is 1. The quantitative estimate of drug-likeness (QED) is 0.916. The number of aromatic nitrogens is 2. The van der Waals surface area contributed by atoms with Gasteiger partial charge in [-0.25, -0.2) is 4.39 Å². The van der Waals surface area contributed by atoms with Crippen molar-refractivity contribution in [1.82, 2.24) is 14.9 Å². The number of benzene rings is 1. The van der Waals surface area contributed by atoms with Crippen molar-refractivity contribution in [2.45, 2.75) is 51.0 Å². The SMILES string of the molecule is O=C(NC1CCCCCCC1)c1snnc1-c1ccc(F)cc1. The summed E-state index contributed by atoms with van der Waals surface area (Å²) in [5, 5.41) is 7.18. The van der Waals surface area contributed by atoms with E-state index >= 15 is 0 Å². The molecule has 0 atom stereocenters. The van der Waals surface area contributed by atoms with Crippen LogP contribution in [0.15, 0.2) is 24.3 Å². The molecule has 1 N–H and O–H groups in total. The van der Waals surface area contributed by atoms with Gasteiger partial charge in [0.15, 0.2) is 0 Å². The molecule has 1 saturated carbocycles. The molecular formula is C17H20FN3OS. The zero-order valence-corrected chi connectivity index (χ0v) is 13.7. The van der Waals surface area contributed by atoms with Crippen LogP contribution in [0.1, 0.15) is 54.6 Å². The number of nitrogens with one attached hydrogen (secondary N) is 1. The van der Waals surface area contributed by atoms with Gasteiger partial charge >= 0.3 is 0 Å². The Balaban J connectivity index is 1.72. The molecule has 3 rings (SSSR count). The maximum atomic E-state index is 13.1. The number of carbonyl (C=O) groups is 1. The summed E-state index contributed by atoms with van der Waals surface area (Å²) in [6, 6.07) is 6.21. The van der Waals surface area contributed by atoms with Crippen molar-refractivity contribution in [3.63, 3.8) is 0 Å². The minimum Gasteiger partial charge on any atom is -0.348 e. The Morgan fingerprint density at radius 2 is 1.74 bits per heavy atom. The molecule has 1 fully saturated rings. The lowest BCUT2D eigenvalue weighted by atomic mass is 9.96. The van der Waals surface area contributed by atoms with Crippen molar-refractivity contribution in [3.05, 3.63) is 35.0 Å². The molecule has 1 aromatic carbocycles. The van der Waals surface area contributed by atoms with E-state index in [0.29, 0.717) is 16.1 Å². The van der Waals surface area contributed by atoms with Crippen molar-refractivity contribution in [2.24, 2.45) is 0 Å². The minimum atomic E-state index is -0.308. The summed E-state index contributed by atoms with van der Waals surface area (Å²) in [6.07, 6.45) is 8.18. The third kappa shape index (κ3) is 4.13. The summed E-state index contributed by atoms with van der Waals surface area (Å²) < 4.78 is 17.0. The fraction of sp³-hybridized carbons (Fsp3) is 0.471. The maximum Gasteiger partial charge on any atom is 0.265 e. The highest BCUT2D eigenvalue weighted by Crippen LogP contribution is 2.25. The fourth-order valence-electron chi connectivity index (χ4n) is 2.99. The van der Waals surface area contributed by atoms with Crippen LogP contribution in [-0.2, 0) is 0 Å². The van der Waals surface area contributed by atoms with Crippen molar-refractivity contribution < 1.29 is 9.18 Å². The molecule has 0 radical (unpaired) electrons. The third-order valence-electron chi connectivity index (χ3n) is 4.25. The second-order valence-electron chi connectivity index (χ2n) is 5.97. The van der Waals surface area contributed by atoms with Gasteiger partial charge in [-0.05, 0) is 48.6 Å². The van der Waals surface area contributed by atoms with Crippen LogP contribution in [0.4, 0.5) is 4.39 Å². The average Bonchev–Trinajstić information content (AvgIpc) is 3.00. The van der Waals surface area contributed by atoms with Gasteiger partial charge in [0.05, 0.1) is 0 Å². The molecule has 2 aromatic rings. The Bertz CT molecular complexity index is 648. The highest BCUT2D eigenvalue weighted by molar-refractivity contribution is 7.08. The van der Waals surface area contributed by atoms with Gasteiger partial charge in [-0.2, -0.15) is 0 Å². The highest BCUT2D eigenvalue weighted by Gasteiger charge is 2.21. The molecule has 1 amide bonds. The molecule has 1 heterocycles. The molecular weight excluding hydrogens is 313 g/mol. The Kier molecular flexibility index (Phi) is 5.33. The Labute approximate surface area is 139 Å². The number of carbonyl (C=O) groups excluding carboxylic acids is 1. The Hall–Kier alpha value is -1.82. The smallest absolute Gasteiger partial charge is 0.265 e. The largest absolute Gasteiger partial charge is 0.348 e. The van der Waals surface area contributed by atoms with E-state index in [2.05, 4.69) is 14.9 Å². The van der Waals surface area contributed by atoms with E-state index < -0.39 is 0 Å². The van der Waals surface area contributed by atoms with Crippen molar-refractivity contribution in [3.8, 4) is 11.3 Å². The molecule has 1 aliphatic carbocycles. The predicted octanol–water partition coefficient (Wildman–Crippen LogP) is 4.19. The van der Waals surface area contributed by atoms with Crippen LogP contribution in [0.25, 0.3) is 11.3 Å². The average molecular weight is 333 g/mol. The number of nitrogens with zero attached hydrogens (tertiary/aromatic N) is 2. The normalized spacial score (nSPS) is 16.6. The zero-order valence-electron chi connectivity index (χ0n) is 12.9. The number of hydrogen-bond donors (Lipinski definition) is 1. The van der Waals surface area contributed by atoms with Crippen molar-refractivity contribution in [1.29, 1.82) is 0 Å². The third-order valence-corrected chi connectivity index (χ3v) is 4.98. The Morgan fingerprint density at radius 1 is 1.09 bits per heavy atom. The van der Waals surface area contributed by atoms with E-state index in [1.54, 1.807) is 12.1 Å². The molecule has 0 aliphatic heterocycles. The first-order chi connectivity index (χ1) is 11.2. The summed E-state index contributed by atoms with van der Waals surface area (Å²) in [5.41, 5.74) is 1.24. The van der Waals surface area contributed by atoms with E-state index in [1.165, 1.54) is 31.4 Å². The summed E-state index contributed by atoms with van der Waals surface area (Å²) in [4.78, 5) is 13.1. The summed E-state index contributed by atoms with van der Waals surface area (Å²) in [6.45, 7) is 0. The summed E-state index contributed by atoms with van der Waals surface area (Å²) >= 11 is 1.09. The first kappa shape index (κ1) is 16.1. The number of rotatable bonds is 3. The van der Waals surface area contributed by atoms with Gasteiger partial charge < -0.3 is 5.32 Å². The first-order valence-corrected chi connectivity index (χ1v) is 8.90. The fourth-order valence-corrected chi connectivity index (χ4v) is 3.58. The molecule has 23 heavy (non-hydrogen) atoms. The van der Waals surface area contributed by atoms with E-state index in [4.69, 9.17) is 0 Å². The van der Waals surface area contributed by atoms with E-state index in [0.717, 1.165) is 37.2 Å². The molecule has 122 valence electrons. The van der Waals surface area contributed by atoms with Crippen molar-refractivity contribution >= 4 is 17.4 Å². The van der Waals surface area contributed by atoms with Crippen molar-refractivity contribution in [2.75, 3.05) is 0 Å². The maximum absolute atomic E-state index is 13.1. The molecule has 0 saturated heterocycles. The monoisotopic (exact) mass is 333 g/mol. The van der Waals surface area contributed by atoms with Gasteiger partial charge in [0.1, 0.15) is 16.4 Å². The molecule has 0 unspecified atom stereocenters. The van der Waals surface area contributed by atoms with Gasteiger partial charge in [-0.15, -0.1) is 5.10 Å². The van der Waals surface area contributed by atoms with Crippen LogP contribution in [0.5, 0.6) is 0 Å². The van der Waals surface area contributed by atoms with Gasteiger partial charge in [-0.3, -0.25) is 4.79 Å². The first-order valence-electron chi connectivity index (χ1n) is 8.13. The topological polar surface area (TPSA) is 54.9 Å². The number of halogens is 1. The second kappa shape index (κ2) is 7.64. The van der Waals surface area contributed by atoms with Crippen LogP contribution in [-0.4, -0.2) is 21.5 Å².